The van der Waals surface area contributed by atoms with Crippen LogP contribution in [-0.2, 0) is 13.6 Å². The van der Waals surface area contributed by atoms with Crippen molar-refractivity contribution in [1.82, 2.24) is 14.5 Å². The molecule has 1 aromatic carbocycles. The Morgan fingerprint density at radius 2 is 1.97 bits per heavy atom. The van der Waals surface area contributed by atoms with Gasteiger partial charge in [-0.05, 0) is 36.8 Å². The van der Waals surface area contributed by atoms with Crippen LogP contribution in [0.2, 0.25) is 0 Å². The number of hydrogen-bond donors (Lipinski definition) is 1. The van der Waals surface area contributed by atoms with E-state index in [0.717, 1.165) is 5.56 Å². The van der Waals surface area contributed by atoms with Crippen molar-refractivity contribution < 1.29 is 23.4 Å². The zero-order chi connectivity index (χ0) is 24.9. The Morgan fingerprint density at radius 3 is 2.71 bits per heavy atom. The zero-order valence-electron chi connectivity index (χ0n) is 19.1. The van der Waals surface area contributed by atoms with Gasteiger partial charge >= 0.3 is 6.29 Å². The highest BCUT2D eigenvalue weighted by Gasteiger charge is 2.43. The van der Waals surface area contributed by atoms with E-state index >= 15 is 0 Å². The van der Waals surface area contributed by atoms with Gasteiger partial charge < -0.3 is 28.9 Å². The molecular formula is C24H23F2N5O4. The smallest absolute Gasteiger partial charge is 0.395 e. The molecule has 9 nitrogen and oxygen atoms in total. The van der Waals surface area contributed by atoms with E-state index in [1.807, 2.05) is 11.8 Å². The second-order valence-corrected chi connectivity index (χ2v) is 8.79. The summed E-state index contributed by atoms with van der Waals surface area (Å²) in [6, 6.07) is 9.12. The van der Waals surface area contributed by atoms with Gasteiger partial charge in [-0.3, -0.25) is 9.69 Å². The van der Waals surface area contributed by atoms with E-state index in [4.69, 9.17) is 6.57 Å². The Morgan fingerprint density at radius 1 is 1.20 bits per heavy atom. The van der Waals surface area contributed by atoms with Crippen molar-refractivity contribution in [2.45, 2.75) is 31.8 Å². The lowest BCUT2D eigenvalue weighted by atomic mass is 10.0. The maximum Gasteiger partial charge on any atom is 0.586 e. The van der Waals surface area contributed by atoms with E-state index in [9.17, 15) is 18.7 Å². The van der Waals surface area contributed by atoms with Gasteiger partial charge in [0.1, 0.15) is 0 Å². The molecule has 0 unspecified atom stereocenters. The van der Waals surface area contributed by atoms with Crippen molar-refractivity contribution in [3.05, 3.63) is 63.7 Å². The molecule has 2 aromatic heterocycles. The van der Waals surface area contributed by atoms with Gasteiger partial charge in [0.2, 0.25) is 5.52 Å². The van der Waals surface area contributed by atoms with Crippen LogP contribution in [0.15, 0.2) is 41.2 Å². The van der Waals surface area contributed by atoms with Crippen LogP contribution in [0.1, 0.15) is 12.5 Å². The molecule has 35 heavy (non-hydrogen) atoms. The molecular weight excluding hydrogens is 460 g/mol. The van der Waals surface area contributed by atoms with Crippen molar-refractivity contribution in [2.24, 2.45) is 7.05 Å². The predicted molar refractivity (Wildman–Crippen MR) is 124 cm³/mol. The molecule has 1 saturated heterocycles. The number of nitrogens with zero attached hydrogens (tertiary/aromatic N) is 5. The van der Waals surface area contributed by atoms with E-state index in [2.05, 4.69) is 24.2 Å². The predicted octanol–water partition coefficient (Wildman–Crippen LogP) is 2.88. The van der Waals surface area contributed by atoms with Gasteiger partial charge in [-0.2, -0.15) is 0 Å². The van der Waals surface area contributed by atoms with Gasteiger partial charge in [-0.25, -0.2) is 0 Å². The zero-order valence-corrected chi connectivity index (χ0v) is 19.1. The molecule has 4 heterocycles. The highest BCUT2D eigenvalue weighted by atomic mass is 19.3. The van der Waals surface area contributed by atoms with Crippen molar-refractivity contribution in [1.29, 1.82) is 0 Å². The molecule has 0 spiro atoms. The number of anilines is 1. The van der Waals surface area contributed by atoms with Crippen molar-refractivity contribution in [3.63, 3.8) is 0 Å². The molecule has 182 valence electrons. The van der Waals surface area contributed by atoms with E-state index in [1.54, 1.807) is 25.2 Å². The number of pyridine rings is 2. The number of halogens is 2. The Kier molecular flexibility index (Phi) is 5.57. The first-order valence-electron chi connectivity index (χ1n) is 11.1. The number of fused-ring (bicyclic) bond motifs is 2. The number of aryl methyl sites for hydroxylation is 1. The summed E-state index contributed by atoms with van der Waals surface area (Å²) < 4.78 is 37.3. The first-order chi connectivity index (χ1) is 16.7. The van der Waals surface area contributed by atoms with Crippen molar-refractivity contribution >= 4 is 22.5 Å². The maximum absolute atomic E-state index is 13.4. The Labute approximate surface area is 199 Å². The van der Waals surface area contributed by atoms with Crippen molar-refractivity contribution in [3.8, 4) is 11.5 Å². The summed E-state index contributed by atoms with van der Waals surface area (Å²) in [5.74, 6) is 0.197. The summed E-state index contributed by atoms with van der Waals surface area (Å²) >= 11 is 0. The molecule has 2 aliphatic heterocycles. The van der Waals surface area contributed by atoms with Crippen LogP contribution in [-0.4, -0.2) is 57.6 Å². The molecule has 0 amide bonds. The highest BCUT2D eigenvalue weighted by Crippen LogP contribution is 2.41. The van der Waals surface area contributed by atoms with Gasteiger partial charge in [-0.1, -0.05) is 12.6 Å². The van der Waals surface area contributed by atoms with Crippen LogP contribution in [0.4, 0.5) is 20.3 Å². The fourth-order valence-corrected chi connectivity index (χ4v) is 4.72. The van der Waals surface area contributed by atoms with E-state index < -0.39 is 6.29 Å². The number of benzene rings is 1. The molecule has 0 aliphatic carbocycles. The minimum Gasteiger partial charge on any atom is -0.395 e. The van der Waals surface area contributed by atoms with E-state index in [-0.39, 0.29) is 41.6 Å². The Bertz CT molecular complexity index is 1400. The summed E-state index contributed by atoms with van der Waals surface area (Å²) in [5, 5.41) is 10.2. The lowest BCUT2D eigenvalue weighted by Crippen LogP contribution is -2.58. The molecule has 5 rings (SSSR count). The summed E-state index contributed by atoms with van der Waals surface area (Å²) in [6.07, 6.45) is -3.68. The molecule has 0 radical (unpaired) electrons. The average Bonchev–Trinajstić information content (AvgIpc) is 3.14. The Balaban J connectivity index is 1.43. The first kappa shape index (κ1) is 23.0. The second kappa shape index (κ2) is 8.48. The quantitative estimate of drug-likeness (QED) is 0.572. The molecule has 0 bridgehead atoms. The van der Waals surface area contributed by atoms with Crippen LogP contribution < -0.4 is 19.9 Å². The third kappa shape index (κ3) is 4.15. The van der Waals surface area contributed by atoms with Crippen LogP contribution in [0, 0.1) is 6.57 Å². The van der Waals surface area contributed by atoms with E-state index in [1.165, 1.54) is 22.8 Å². The van der Waals surface area contributed by atoms with Gasteiger partial charge in [0, 0.05) is 38.8 Å². The highest BCUT2D eigenvalue weighted by molar-refractivity contribution is 5.89. The summed E-state index contributed by atoms with van der Waals surface area (Å²) in [4.78, 5) is 24.7. The molecule has 1 N–H and O–H groups in total. The summed E-state index contributed by atoms with van der Waals surface area (Å²) in [7, 11) is 1.66. The van der Waals surface area contributed by atoms with Crippen LogP contribution >= 0.6 is 0 Å². The van der Waals surface area contributed by atoms with E-state index in [0.29, 0.717) is 36.4 Å². The number of rotatable bonds is 4. The number of aliphatic hydroxyl groups excluding tert-OH is 1. The third-order valence-corrected chi connectivity index (χ3v) is 6.49. The standard InChI is InChI=1S/C24H23F2N5O4/c1-14-10-30(11-15-4-6-19-20(8-15)35-24(25,26)34-19)16(13-32)12-31(14)18-9-22(33)29(3)17-5-7-21(27-2)28-23(17)18/h4-9,14,16,32H,10-13H2,1,3H3/t14-,16-/m0/s1. The van der Waals surface area contributed by atoms with Gasteiger partial charge in [0.15, 0.2) is 11.5 Å². The van der Waals surface area contributed by atoms with Crippen LogP contribution in [0.25, 0.3) is 15.9 Å². The van der Waals surface area contributed by atoms with Gasteiger partial charge in [0.05, 0.1) is 23.9 Å². The molecule has 3 aromatic rings. The number of piperazine rings is 1. The van der Waals surface area contributed by atoms with Gasteiger partial charge in [-0.15, -0.1) is 13.8 Å². The van der Waals surface area contributed by atoms with Crippen LogP contribution in [0.3, 0.4) is 0 Å². The summed E-state index contributed by atoms with van der Waals surface area (Å²) in [5.41, 5.74) is 2.33. The largest absolute Gasteiger partial charge is 0.586 e. The molecule has 1 fully saturated rings. The number of aliphatic hydroxyl groups is 1. The second-order valence-electron chi connectivity index (χ2n) is 8.79. The molecule has 0 saturated carbocycles. The Hall–Kier alpha value is -3.75. The number of alkyl halides is 2. The fraction of sp³-hybridized carbons (Fsp3) is 0.375. The number of aromatic nitrogens is 2. The third-order valence-electron chi connectivity index (χ3n) is 6.49. The normalized spacial score (nSPS) is 21.3. The topological polar surface area (TPSA) is 84.4 Å². The molecule has 2 atom stereocenters. The lowest BCUT2D eigenvalue weighted by molar-refractivity contribution is -0.286. The fourth-order valence-electron chi connectivity index (χ4n) is 4.72. The average molecular weight is 483 g/mol. The number of hydrogen-bond acceptors (Lipinski definition) is 7. The lowest BCUT2D eigenvalue weighted by Gasteiger charge is -2.45. The SMILES string of the molecule is [C-]#[N+]c1ccc2c(n1)c(N1C[C@@H](CO)N(Cc3ccc4c(c3)OC(F)(F)O4)C[C@@H]1C)cc(=O)n2C. The monoisotopic (exact) mass is 483 g/mol. The van der Waals surface area contributed by atoms with Crippen LogP contribution in [0.5, 0.6) is 11.5 Å². The minimum atomic E-state index is -3.68. The maximum atomic E-state index is 13.4. The molecule has 2 aliphatic rings. The molecule has 11 heteroatoms. The first-order valence-corrected chi connectivity index (χ1v) is 11.1. The number of ether oxygens (including phenoxy) is 2. The minimum absolute atomic E-state index is 0.0144. The van der Waals surface area contributed by atoms with Gasteiger partial charge in [0.25, 0.3) is 11.4 Å². The van der Waals surface area contributed by atoms with Crippen molar-refractivity contribution in [2.75, 3.05) is 24.6 Å². The summed E-state index contributed by atoms with van der Waals surface area (Å²) in [6.45, 7) is 10.5.